The highest BCUT2D eigenvalue weighted by molar-refractivity contribution is 7.89. The van der Waals surface area contributed by atoms with Gasteiger partial charge in [0.25, 0.3) is 5.91 Å². The lowest BCUT2D eigenvalue weighted by molar-refractivity contribution is 0.102. The van der Waals surface area contributed by atoms with Crippen molar-refractivity contribution in [3.05, 3.63) is 52.8 Å². The van der Waals surface area contributed by atoms with Gasteiger partial charge in [-0.2, -0.15) is 4.31 Å². The fourth-order valence-corrected chi connectivity index (χ4v) is 5.25. The summed E-state index contributed by atoms with van der Waals surface area (Å²) in [6.07, 6.45) is 5.61. The smallest absolute Gasteiger partial charge is 0.255 e. The summed E-state index contributed by atoms with van der Waals surface area (Å²) in [4.78, 5) is 17.0. The van der Waals surface area contributed by atoms with Crippen LogP contribution < -0.4 is 10.6 Å². The van der Waals surface area contributed by atoms with E-state index in [1.807, 2.05) is 13.0 Å². The predicted molar refractivity (Wildman–Crippen MR) is 125 cm³/mol. The van der Waals surface area contributed by atoms with Crippen molar-refractivity contribution >= 4 is 38.9 Å². The molecule has 9 heteroatoms. The number of sulfonamides is 1. The van der Waals surface area contributed by atoms with E-state index in [9.17, 15) is 13.2 Å². The molecule has 1 aromatic heterocycles. The van der Waals surface area contributed by atoms with Gasteiger partial charge in [-0.1, -0.05) is 18.5 Å². The maximum absolute atomic E-state index is 12.7. The highest BCUT2D eigenvalue weighted by Gasteiger charge is 2.31. The van der Waals surface area contributed by atoms with Gasteiger partial charge in [0.15, 0.2) is 0 Å². The monoisotopic (exact) mass is 464 g/mol. The molecule has 1 atom stereocenters. The average Bonchev–Trinajstić information content (AvgIpc) is 2.73. The zero-order valence-corrected chi connectivity index (χ0v) is 19.6. The Morgan fingerprint density at radius 2 is 2.00 bits per heavy atom. The third-order valence-corrected chi connectivity index (χ3v) is 7.88. The molecule has 0 spiro atoms. The van der Waals surface area contributed by atoms with Crippen molar-refractivity contribution in [1.29, 1.82) is 0 Å². The normalized spacial score (nSPS) is 17.5. The number of carbonyl (C=O) groups excluding carboxylic acids is 1. The van der Waals surface area contributed by atoms with E-state index in [1.165, 1.54) is 0 Å². The molecule has 3 rings (SSSR count). The Labute approximate surface area is 189 Å². The molecule has 2 N–H and O–H groups in total. The van der Waals surface area contributed by atoms with Crippen molar-refractivity contribution in [3.63, 3.8) is 0 Å². The van der Waals surface area contributed by atoms with E-state index in [2.05, 4.69) is 15.6 Å². The predicted octanol–water partition coefficient (Wildman–Crippen LogP) is 4.16. The topological polar surface area (TPSA) is 91.4 Å². The van der Waals surface area contributed by atoms with Gasteiger partial charge in [0.2, 0.25) is 10.0 Å². The van der Waals surface area contributed by atoms with E-state index in [-0.39, 0.29) is 11.9 Å². The number of nitrogens with one attached hydrogen (secondary N) is 2. The maximum Gasteiger partial charge on any atom is 0.255 e. The molecule has 1 fully saturated rings. The zero-order chi connectivity index (χ0) is 22.6. The van der Waals surface area contributed by atoms with Crippen LogP contribution in [0.3, 0.4) is 0 Å². The van der Waals surface area contributed by atoms with E-state index >= 15 is 0 Å². The van der Waals surface area contributed by atoms with E-state index in [1.54, 1.807) is 48.7 Å². The Bertz CT molecular complexity index is 1040. The molecule has 0 radical (unpaired) electrons. The van der Waals surface area contributed by atoms with Crippen LogP contribution in [0.5, 0.6) is 0 Å². The minimum atomic E-state index is -3.28. The van der Waals surface area contributed by atoms with Gasteiger partial charge >= 0.3 is 0 Å². The largest absolute Gasteiger partial charge is 0.380 e. The first-order valence-corrected chi connectivity index (χ1v) is 12.4. The van der Waals surface area contributed by atoms with Crippen LogP contribution in [0.2, 0.25) is 5.02 Å². The number of carbonyl (C=O) groups is 1. The standard InChI is InChI=1S/C22H29ClN4O3S/c1-4-16-10-17(23)7-8-21(16)22(28)26-20-11-19(12-24-13-20)25-18-6-5-9-27(14-18)31(29,30)15(2)3/h7-8,10-13,15,18,25H,4-6,9,14H2,1-3H3,(H,26,28). The number of rotatable bonds is 7. The first kappa shape index (κ1) is 23.5. The number of aromatic nitrogens is 1. The third-order valence-electron chi connectivity index (χ3n) is 5.40. The lowest BCUT2D eigenvalue weighted by atomic mass is 10.0. The molecular formula is C22H29ClN4O3S. The number of nitrogens with zero attached hydrogens (tertiary/aromatic N) is 2. The van der Waals surface area contributed by atoms with E-state index in [0.29, 0.717) is 35.8 Å². The zero-order valence-electron chi connectivity index (χ0n) is 18.1. The van der Waals surface area contributed by atoms with Crippen LogP contribution in [-0.4, -0.2) is 48.0 Å². The second kappa shape index (κ2) is 9.97. The number of anilines is 2. The van der Waals surface area contributed by atoms with Crippen molar-refractivity contribution in [2.24, 2.45) is 0 Å². The molecule has 0 aliphatic carbocycles. The Hall–Kier alpha value is -2.16. The van der Waals surface area contributed by atoms with Gasteiger partial charge in [0, 0.05) is 29.7 Å². The molecular weight excluding hydrogens is 436 g/mol. The van der Waals surface area contributed by atoms with Crippen molar-refractivity contribution in [3.8, 4) is 0 Å². The van der Waals surface area contributed by atoms with Crippen LogP contribution in [0.25, 0.3) is 0 Å². The number of benzene rings is 1. The molecule has 168 valence electrons. The van der Waals surface area contributed by atoms with Crippen molar-refractivity contribution in [2.45, 2.75) is 51.3 Å². The van der Waals surface area contributed by atoms with E-state index in [0.717, 1.165) is 24.1 Å². The van der Waals surface area contributed by atoms with Gasteiger partial charge < -0.3 is 10.6 Å². The summed E-state index contributed by atoms with van der Waals surface area (Å²) in [7, 11) is -3.28. The Balaban J connectivity index is 1.69. The van der Waals surface area contributed by atoms with Crippen LogP contribution in [0, 0.1) is 0 Å². The molecule has 1 aliphatic rings. The molecule has 31 heavy (non-hydrogen) atoms. The van der Waals surface area contributed by atoms with Crippen LogP contribution in [0.4, 0.5) is 11.4 Å². The first-order valence-electron chi connectivity index (χ1n) is 10.5. The van der Waals surface area contributed by atoms with E-state index in [4.69, 9.17) is 11.6 Å². The summed E-state index contributed by atoms with van der Waals surface area (Å²) in [5, 5.41) is 6.42. The molecule has 1 unspecified atom stereocenters. The Morgan fingerprint density at radius 1 is 1.26 bits per heavy atom. The molecule has 0 saturated carbocycles. The fourth-order valence-electron chi connectivity index (χ4n) is 3.69. The quantitative estimate of drug-likeness (QED) is 0.641. The minimum Gasteiger partial charge on any atom is -0.380 e. The highest BCUT2D eigenvalue weighted by atomic mass is 35.5. The second-order valence-corrected chi connectivity index (χ2v) is 10.9. The van der Waals surface area contributed by atoms with Crippen LogP contribution in [0.1, 0.15) is 49.5 Å². The molecule has 1 aromatic carbocycles. The number of hydrogen-bond acceptors (Lipinski definition) is 5. The van der Waals surface area contributed by atoms with Gasteiger partial charge in [0.05, 0.1) is 29.0 Å². The summed E-state index contributed by atoms with van der Waals surface area (Å²) in [5.74, 6) is -0.223. The molecule has 1 aliphatic heterocycles. The summed E-state index contributed by atoms with van der Waals surface area (Å²) >= 11 is 6.04. The van der Waals surface area contributed by atoms with E-state index < -0.39 is 15.3 Å². The van der Waals surface area contributed by atoms with Crippen molar-refractivity contribution in [1.82, 2.24) is 9.29 Å². The molecule has 0 bridgehead atoms. The van der Waals surface area contributed by atoms with Crippen LogP contribution in [0.15, 0.2) is 36.7 Å². The summed E-state index contributed by atoms with van der Waals surface area (Å²) in [5.41, 5.74) is 2.75. The number of amides is 1. The summed E-state index contributed by atoms with van der Waals surface area (Å²) < 4.78 is 26.6. The molecule has 7 nitrogen and oxygen atoms in total. The van der Waals surface area contributed by atoms with Gasteiger partial charge in [-0.15, -0.1) is 0 Å². The average molecular weight is 465 g/mol. The van der Waals surface area contributed by atoms with Gasteiger partial charge in [-0.25, -0.2) is 8.42 Å². The lowest BCUT2D eigenvalue weighted by Gasteiger charge is -2.33. The molecule has 2 heterocycles. The van der Waals surface area contributed by atoms with Gasteiger partial charge in [-0.05, 0) is 62.9 Å². The summed E-state index contributed by atoms with van der Waals surface area (Å²) in [6, 6.07) is 7.01. The first-order chi connectivity index (χ1) is 14.7. The SMILES string of the molecule is CCc1cc(Cl)ccc1C(=O)Nc1cncc(NC2CCCN(S(=O)(=O)C(C)C)C2)c1. The van der Waals surface area contributed by atoms with Crippen molar-refractivity contribution in [2.75, 3.05) is 23.7 Å². The number of piperidine rings is 1. The number of hydrogen-bond donors (Lipinski definition) is 2. The molecule has 1 amide bonds. The third kappa shape index (κ3) is 5.75. The van der Waals surface area contributed by atoms with Crippen LogP contribution >= 0.6 is 11.6 Å². The van der Waals surface area contributed by atoms with Gasteiger partial charge in [-0.3, -0.25) is 9.78 Å². The van der Waals surface area contributed by atoms with Crippen molar-refractivity contribution < 1.29 is 13.2 Å². The Kier molecular flexibility index (Phi) is 7.56. The highest BCUT2D eigenvalue weighted by Crippen LogP contribution is 2.23. The Morgan fingerprint density at radius 3 is 2.71 bits per heavy atom. The molecule has 1 saturated heterocycles. The molecule has 2 aromatic rings. The fraction of sp³-hybridized carbons (Fsp3) is 0.455. The number of pyridine rings is 1. The second-order valence-electron chi connectivity index (χ2n) is 8.01. The number of aryl methyl sites for hydroxylation is 1. The minimum absolute atomic E-state index is 0.0158. The lowest BCUT2D eigenvalue weighted by Crippen LogP contribution is -2.47. The maximum atomic E-state index is 12.7. The summed E-state index contributed by atoms with van der Waals surface area (Å²) in [6.45, 7) is 6.34. The van der Waals surface area contributed by atoms with Crippen LogP contribution in [-0.2, 0) is 16.4 Å². The van der Waals surface area contributed by atoms with Gasteiger partial charge in [0.1, 0.15) is 0 Å². The number of halogens is 1.